The number of hydrogen-bond donors (Lipinski definition) is 1. The second-order valence-electron chi connectivity index (χ2n) is 9.06. The van der Waals surface area contributed by atoms with Crippen LogP contribution in [0.1, 0.15) is 54.2 Å². The monoisotopic (exact) mass is 431 g/mol. The molecule has 1 atom stereocenters. The molecular weight excluding hydrogens is 402 g/mol. The lowest BCUT2D eigenvalue weighted by atomic mass is 10.1. The van der Waals surface area contributed by atoms with Gasteiger partial charge in [-0.05, 0) is 57.2 Å². The molecule has 2 aliphatic rings. The lowest BCUT2D eigenvalue weighted by Gasteiger charge is -2.15. The van der Waals surface area contributed by atoms with Crippen LogP contribution in [0.25, 0.3) is 5.65 Å². The molecule has 2 amide bonds. The van der Waals surface area contributed by atoms with Gasteiger partial charge in [0.25, 0.3) is 0 Å². The normalized spacial score (nSPS) is 18.3. The zero-order valence-electron chi connectivity index (χ0n) is 18.7. The molecule has 2 fully saturated rings. The zero-order valence-corrected chi connectivity index (χ0v) is 18.7. The third-order valence-corrected chi connectivity index (χ3v) is 6.69. The van der Waals surface area contributed by atoms with E-state index in [0.717, 1.165) is 66.3 Å². The molecule has 1 N–H and O–H groups in total. The van der Waals surface area contributed by atoms with E-state index in [0.29, 0.717) is 18.7 Å². The Bertz CT molecular complexity index is 1170. The van der Waals surface area contributed by atoms with Gasteiger partial charge in [0.2, 0.25) is 11.8 Å². The molecule has 1 aromatic carbocycles. The fraction of sp³-hybridized carbons (Fsp3) is 0.440. The second kappa shape index (κ2) is 8.37. The predicted octanol–water partition coefficient (Wildman–Crippen LogP) is 3.64. The molecule has 5 rings (SSSR count). The Morgan fingerprint density at radius 1 is 1.12 bits per heavy atom. The number of amides is 2. The Balaban J connectivity index is 1.29. The van der Waals surface area contributed by atoms with Gasteiger partial charge in [0.05, 0.1) is 5.69 Å². The molecule has 3 heterocycles. The summed E-state index contributed by atoms with van der Waals surface area (Å²) < 4.78 is 1.90. The van der Waals surface area contributed by atoms with Crippen LogP contribution in [0.4, 0.5) is 5.69 Å². The third kappa shape index (κ3) is 4.11. The van der Waals surface area contributed by atoms with E-state index in [2.05, 4.69) is 11.4 Å². The maximum Gasteiger partial charge on any atom is 0.225 e. The van der Waals surface area contributed by atoms with Crippen LogP contribution < -0.4 is 5.32 Å². The number of hydrogen-bond acceptors (Lipinski definition) is 4. The topological polar surface area (TPSA) is 79.6 Å². The van der Waals surface area contributed by atoms with Gasteiger partial charge in [-0.15, -0.1) is 0 Å². The van der Waals surface area contributed by atoms with Gasteiger partial charge in [0.15, 0.2) is 5.65 Å². The molecule has 166 valence electrons. The van der Waals surface area contributed by atoms with Gasteiger partial charge in [-0.2, -0.15) is 5.10 Å². The van der Waals surface area contributed by atoms with Crippen molar-refractivity contribution in [2.24, 2.45) is 5.92 Å². The summed E-state index contributed by atoms with van der Waals surface area (Å²) in [4.78, 5) is 31.6. The Hall–Kier alpha value is -3.22. The van der Waals surface area contributed by atoms with E-state index in [-0.39, 0.29) is 17.7 Å². The fourth-order valence-electron chi connectivity index (χ4n) is 4.68. The summed E-state index contributed by atoms with van der Waals surface area (Å²) in [6, 6.07) is 11.6. The number of benzene rings is 1. The summed E-state index contributed by atoms with van der Waals surface area (Å²) in [6.07, 6.45) is 4.04. The van der Waals surface area contributed by atoms with Crippen LogP contribution in [0.15, 0.2) is 36.4 Å². The number of carbonyl (C=O) groups excluding carboxylic acids is 2. The largest absolute Gasteiger partial charge is 0.342 e. The first-order valence-electron chi connectivity index (χ1n) is 11.5. The number of aromatic nitrogens is 3. The van der Waals surface area contributed by atoms with Crippen LogP contribution in [0.3, 0.4) is 0 Å². The average Bonchev–Trinajstić information content (AvgIpc) is 3.35. The van der Waals surface area contributed by atoms with E-state index >= 15 is 0 Å². The summed E-state index contributed by atoms with van der Waals surface area (Å²) in [5, 5.41) is 7.80. The Labute approximate surface area is 187 Å². The van der Waals surface area contributed by atoms with E-state index in [1.54, 1.807) is 0 Å². The van der Waals surface area contributed by atoms with E-state index in [1.807, 2.05) is 53.6 Å². The van der Waals surface area contributed by atoms with Gasteiger partial charge >= 0.3 is 0 Å². The minimum absolute atomic E-state index is 0.0115. The van der Waals surface area contributed by atoms with Crippen molar-refractivity contribution in [3.63, 3.8) is 0 Å². The number of anilines is 1. The molecule has 0 bridgehead atoms. The maximum absolute atomic E-state index is 12.4. The first-order valence-corrected chi connectivity index (χ1v) is 11.5. The molecule has 0 unspecified atom stereocenters. The van der Waals surface area contributed by atoms with Gasteiger partial charge in [-0.1, -0.05) is 18.2 Å². The highest BCUT2D eigenvalue weighted by molar-refractivity contribution is 5.90. The van der Waals surface area contributed by atoms with Crippen molar-refractivity contribution in [1.29, 1.82) is 0 Å². The maximum atomic E-state index is 12.4. The minimum Gasteiger partial charge on any atom is -0.342 e. The summed E-state index contributed by atoms with van der Waals surface area (Å²) in [7, 11) is 0. The lowest BCUT2D eigenvalue weighted by Crippen LogP contribution is -2.29. The van der Waals surface area contributed by atoms with Crippen molar-refractivity contribution >= 4 is 23.1 Å². The van der Waals surface area contributed by atoms with Crippen molar-refractivity contribution < 1.29 is 9.59 Å². The fourth-order valence-corrected chi connectivity index (χ4v) is 4.68. The molecule has 2 aromatic heterocycles. The van der Waals surface area contributed by atoms with Crippen molar-refractivity contribution in [2.75, 3.05) is 18.4 Å². The number of fused-ring (bicyclic) bond motifs is 1. The minimum atomic E-state index is -0.0115. The molecule has 1 aliphatic carbocycles. The Morgan fingerprint density at radius 2 is 1.91 bits per heavy atom. The van der Waals surface area contributed by atoms with Crippen LogP contribution in [0, 0.1) is 19.8 Å². The molecule has 0 spiro atoms. The highest BCUT2D eigenvalue weighted by atomic mass is 16.2. The van der Waals surface area contributed by atoms with Gasteiger partial charge < -0.3 is 10.2 Å². The number of aryl methyl sites for hydroxylation is 2. The van der Waals surface area contributed by atoms with Gasteiger partial charge in [0.1, 0.15) is 0 Å². The smallest absolute Gasteiger partial charge is 0.225 e. The molecule has 1 saturated heterocycles. The molecule has 32 heavy (non-hydrogen) atoms. The third-order valence-electron chi connectivity index (χ3n) is 6.69. The van der Waals surface area contributed by atoms with Crippen LogP contribution in [-0.2, 0) is 16.0 Å². The van der Waals surface area contributed by atoms with Crippen molar-refractivity contribution in [3.05, 3.63) is 59.0 Å². The van der Waals surface area contributed by atoms with E-state index in [1.165, 1.54) is 0 Å². The summed E-state index contributed by atoms with van der Waals surface area (Å²) in [6.45, 7) is 5.61. The highest BCUT2D eigenvalue weighted by Crippen LogP contribution is 2.35. The lowest BCUT2D eigenvalue weighted by molar-refractivity contribution is -0.131. The van der Waals surface area contributed by atoms with E-state index < -0.39 is 0 Å². The SMILES string of the molecule is Cc1nc2cc([C@H]3CCN(C(=O)C4CC4)C3)nn2c(C)c1CCC(=O)Nc1ccccc1. The van der Waals surface area contributed by atoms with E-state index in [4.69, 9.17) is 10.1 Å². The number of para-hydroxylation sites is 1. The first kappa shape index (κ1) is 20.7. The number of nitrogens with one attached hydrogen (secondary N) is 1. The van der Waals surface area contributed by atoms with Crippen molar-refractivity contribution in [1.82, 2.24) is 19.5 Å². The highest BCUT2D eigenvalue weighted by Gasteiger charge is 2.37. The number of rotatable bonds is 6. The van der Waals surface area contributed by atoms with Crippen LogP contribution in [-0.4, -0.2) is 44.4 Å². The summed E-state index contributed by atoms with van der Waals surface area (Å²) in [5.41, 5.74) is 5.67. The number of likely N-dealkylation sites (tertiary alicyclic amines) is 1. The molecular formula is C25H29N5O2. The standard InChI is InChI=1S/C25H29N5O2/c1-16-21(10-11-24(31)27-20-6-4-3-5-7-20)17(2)30-23(26-16)14-22(28-30)19-12-13-29(15-19)25(32)18-8-9-18/h3-7,14,18-19H,8-13,15H2,1-2H3,(H,27,31)/t19-/m0/s1. The average molecular weight is 432 g/mol. The Kier molecular flexibility index (Phi) is 5.41. The number of nitrogens with zero attached hydrogens (tertiary/aromatic N) is 4. The first-order chi connectivity index (χ1) is 15.5. The molecule has 7 heteroatoms. The predicted molar refractivity (Wildman–Crippen MR) is 123 cm³/mol. The molecule has 0 radical (unpaired) electrons. The molecule has 3 aromatic rings. The zero-order chi connectivity index (χ0) is 22.2. The quantitative estimate of drug-likeness (QED) is 0.646. The molecule has 1 saturated carbocycles. The van der Waals surface area contributed by atoms with Crippen LogP contribution in [0.5, 0.6) is 0 Å². The molecule has 1 aliphatic heterocycles. The van der Waals surface area contributed by atoms with Crippen LogP contribution >= 0.6 is 0 Å². The Morgan fingerprint density at radius 3 is 2.66 bits per heavy atom. The summed E-state index contributed by atoms with van der Waals surface area (Å²) >= 11 is 0. The van der Waals surface area contributed by atoms with Gasteiger partial charge in [0, 0.05) is 54.5 Å². The van der Waals surface area contributed by atoms with E-state index in [9.17, 15) is 9.59 Å². The van der Waals surface area contributed by atoms with Gasteiger partial charge in [-0.25, -0.2) is 9.50 Å². The van der Waals surface area contributed by atoms with Crippen LogP contribution in [0.2, 0.25) is 0 Å². The van der Waals surface area contributed by atoms with Gasteiger partial charge in [-0.3, -0.25) is 9.59 Å². The molecule has 7 nitrogen and oxygen atoms in total. The second-order valence-corrected chi connectivity index (χ2v) is 9.06. The van der Waals surface area contributed by atoms with Crippen molar-refractivity contribution in [2.45, 2.75) is 51.9 Å². The van der Waals surface area contributed by atoms with Crippen molar-refractivity contribution in [3.8, 4) is 0 Å². The summed E-state index contributed by atoms with van der Waals surface area (Å²) in [5.74, 6) is 0.836. The number of carbonyl (C=O) groups is 2.